The first-order valence-electron chi connectivity index (χ1n) is 8.77. The third kappa shape index (κ3) is 4.49. The molecule has 1 heterocycles. The molecule has 3 rings (SSSR count). The molecule has 10 heteroatoms. The van der Waals surface area contributed by atoms with E-state index in [2.05, 4.69) is 15.5 Å². The predicted octanol–water partition coefficient (Wildman–Crippen LogP) is 4.58. The van der Waals surface area contributed by atoms with E-state index in [1.165, 1.54) is 24.5 Å². The lowest BCUT2D eigenvalue weighted by molar-refractivity contribution is -0.385. The second-order valence-electron chi connectivity index (χ2n) is 6.06. The molecule has 0 saturated heterocycles. The third-order valence-electron chi connectivity index (χ3n) is 4.30. The van der Waals surface area contributed by atoms with Gasteiger partial charge in [-0.25, -0.2) is 4.98 Å². The standard InChI is InChI=1S/C20H20N4O5S/c1-12(13-5-8-18(28-3)19(10-13)29-4)22-23-20-21-15(11-30-20)14-6-7-17(27-2)16(9-14)24(25)26/h5-11H,1-4H3,(H,21,23). The molecule has 0 atom stereocenters. The van der Waals surface area contributed by atoms with Crippen LogP contribution in [0.4, 0.5) is 10.8 Å². The Morgan fingerprint density at radius 1 is 1.07 bits per heavy atom. The lowest BCUT2D eigenvalue weighted by atomic mass is 10.1. The number of methoxy groups -OCH3 is 3. The Bertz CT molecular complexity index is 1100. The number of nitro benzene ring substituents is 1. The van der Waals surface area contributed by atoms with Crippen LogP contribution >= 0.6 is 11.3 Å². The fraction of sp³-hybridized carbons (Fsp3) is 0.200. The number of nitrogens with one attached hydrogen (secondary N) is 1. The smallest absolute Gasteiger partial charge is 0.311 e. The van der Waals surface area contributed by atoms with Crippen molar-refractivity contribution in [2.75, 3.05) is 26.8 Å². The molecule has 0 aliphatic carbocycles. The number of rotatable bonds is 8. The summed E-state index contributed by atoms with van der Waals surface area (Å²) in [6.07, 6.45) is 0. The monoisotopic (exact) mass is 428 g/mol. The Hall–Kier alpha value is -3.66. The molecular weight excluding hydrogens is 408 g/mol. The summed E-state index contributed by atoms with van der Waals surface area (Å²) in [4.78, 5) is 15.2. The molecule has 0 saturated carbocycles. The molecule has 0 radical (unpaired) electrons. The summed E-state index contributed by atoms with van der Waals surface area (Å²) in [5.41, 5.74) is 5.63. The number of thiazole rings is 1. The average Bonchev–Trinajstić information content (AvgIpc) is 3.25. The van der Waals surface area contributed by atoms with Crippen LogP contribution in [0.15, 0.2) is 46.9 Å². The molecule has 0 aliphatic rings. The summed E-state index contributed by atoms with van der Waals surface area (Å²) in [7, 11) is 4.55. The highest BCUT2D eigenvalue weighted by molar-refractivity contribution is 7.14. The number of hydrogen-bond donors (Lipinski definition) is 1. The van der Waals surface area contributed by atoms with Gasteiger partial charge in [0.15, 0.2) is 17.2 Å². The van der Waals surface area contributed by atoms with Gasteiger partial charge in [-0.1, -0.05) is 0 Å². The van der Waals surface area contributed by atoms with Crippen LogP contribution in [-0.2, 0) is 0 Å². The zero-order valence-electron chi connectivity index (χ0n) is 16.8. The fourth-order valence-electron chi connectivity index (χ4n) is 2.71. The highest BCUT2D eigenvalue weighted by atomic mass is 32.1. The third-order valence-corrected chi connectivity index (χ3v) is 5.04. The van der Waals surface area contributed by atoms with Crippen LogP contribution in [0.3, 0.4) is 0 Å². The van der Waals surface area contributed by atoms with Crippen molar-refractivity contribution in [1.29, 1.82) is 0 Å². The topological polar surface area (TPSA) is 108 Å². The summed E-state index contributed by atoms with van der Waals surface area (Å²) in [6, 6.07) is 10.2. The minimum atomic E-state index is -0.482. The van der Waals surface area contributed by atoms with E-state index in [4.69, 9.17) is 14.2 Å². The first kappa shape index (κ1) is 21.1. The van der Waals surface area contributed by atoms with Gasteiger partial charge < -0.3 is 14.2 Å². The van der Waals surface area contributed by atoms with E-state index in [9.17, 15) is 10.1 Å². The van der Waals surface area contributed by atoms with E-state index in [1.54, 1.807) is 31.7 Å². The van der Waals surface area contributed by atoms with Gasteiger partial charge in [0.2, 0.25) is 5.13 Å². The molecule has 3 aromatic rings. The molecule has 1 N–H and O–H groups in total. The largest absolute Gasteiger partial charge is 0.493 e. The molecule has 9 nitrogen and oxygen atoms in total. The van der Waals surface area contributed by atoms with E-state index in [0.29, 0.717) is 27.9 Å². The van der Waals surface area contributed by atoms with E-state index >= 15 is 0 Å². The molecule has 0 unspecified atom stereocenters. The van der Waals surface area contributed by atoms with Crippen molar-refractivity contribution < 1.29 is 19.1 Å². The van der Waals surface area contributed by atoms with Crippen LogP contribution in [0.2, 0.25) is 0 Å². The number of hydrazone groups is 1. The van der Waals surface area contributed by atoms with Crippen molar-refractivity contribution in [3.63, 3.8) is 0 Å². The zero-order valence-corrected chi connectivity index (χ0v) is 17.6. The van der Waals surface area contributed by atoms with Gasteiger partial charge >= 0.3 is 5.69 Å². The van der Waals surface area contributed by atoms with Gasteiger partial charge in [0, 0.05) is 22.6 Å². The highest BCUT2D eigenvalue weighted by Gasteiger charge is 2.17. The lowest BCUT2D eigenvalue weighted by Gasteiger charge is -2.09. The predicted molar refractivity (Wildman–Crippen MR) is 116 cm³/mol. The second-order valence-corrected chi connectivity index (χ2v) is 6.92. The second kappa shape index (κ2) is 9.23. The maximum absolute atomic E-state index is 11.2. The first-order chi connectivity index (χ1) is 14.5. The van der Waals surface area contributed by atoms with Gasteiger partial charge in [0.25, 0.3) is 0 Å². The summed E-state index contributed by atoms with van der Waals surface area (Å²) in [5, 5.41) is 18.0. The van der Waals surface area contributed by atoms with Crippen molar-refractivity contribution >= 4 is 27.9 Å². The van der Waals surface area contributed by atoms with E-state index in [-0.39, 0.29) is 11.4 Å². The van der Waals surface area contributed by atoms with Crippen LogP contribution in [0.1, 0.15) is 12.5 Å². The van der Waals surface area contributed by atoms with Gasteiger partial charge in [-0.2, -0.15) is 5.10 Å². The van der Waals surface area contributed by atoms with E-state index in [1.807, 2.05) is 25.1 Å². The number of nitrogens with zero attached hydrogens (tertiary/aromatic N) is 3. The molecule has 2 aromatic carbocycles. The Morgan fingerprint density at radius 3 is 2.43 bits per heavy atom. The molecule has 0 aliphatic heterocycles. The van der Waals surface area contributed by atoms with Gasteiger partial charge in [-0.3, -0.25) is 15.5 Å². The summed E-state index contributed by atoms with van der Waals surface area (Å²) in [6.45, 7) is 1.86. The van der Waals surface area contributed by atoms with Crippen molar-refractivity contribution in [1.82, 2.24) is 4.98 Å². The molecule has 1 aromatic heterocycles. The van der Waals surface area contributed by atoms with Gasteiger partial charge in [0.1, 0.15) is 0 Å². The molecule has 30 heavy (non-hydrogen) atoms. The Labute approximate surface area is 177 Å². The van der Waals surface area contributed by atoms with Gasteiger partial charge in [-0.05, 0) is 37.3 Å². The maximum atomic E-state index is 11.2. The number of benzene rings is 2. The fourth-order valence-corrected chi connectivity index (χ4v) is 3.37. The highest BCUT2D eigenvalue weighted by Crippen LogP contribution is 2.33. The van der Waals surface area contributed by atoms with Crippen molar-refractivity contribution in [3.05, 3.63) is 57.5 Å². The van der Waals surface area contributed by atoms with E-state index < -0.39 is 4.92 Å². The number of nitro groups is 1. The van der Waals surface area contributed by atoms with Crippen molar-refractivity contribution in [2.24, 2.45) is 5.10 Å². The number of ether oxygens (including phenoxy) is 3. The molecule has 0 amide bonds. The molecule has 0 fully saturated rings. The van der Waals surface area contributed by atoms with Crippen LogP contribution in [0, 0.1) is 10.1 Å². The average molecular weight is 428 g/mol. The first-order valence-corrected chi connectivity index (χ1v) is 9.65. The minimum Gasteiger partial charge on any atom is -0.493 e. The molecule has 0 spiro atoms. The number of anilines is 1. The van der Waals surface area contributed by atoms with Gasteiger partial charge in [-0.15, -0.1) is 11.3 Å². The Kier molecular flexibility index (Phi) is 6.48. The van der Waals surface area contributed by atoms with Crippen LogP contribution in [0.25, 0.3) is 11.3 Å². The van der Waals surface area contributed by atoms with E-state index in [0.717, 1.165) is 11.3 Å². The molecular formula is C20H20N4O5S. The maximum Gasteiger partial charge on any atom is 0.311 e. The number of aromatic nitrogens is 1. The summed E-state index contributed by atoms with van der Waals surface area (Å²) >= 11 is 1.34. The molecule has 156 valence electrons. The van der Waals surface area contributed by atoms with Gasteiger partial charge in [0.05, 0.1) is 37.7 Å². The zero-order chi connectivity index (χ0) is 21.7. The van der Waals surface area contributed by atoms with Crippen LogP contribution in [0.5, 0.6) is 17.2 Å². The Balaban J connectivity index is 1.79. The Morgan fingerprint density at radius 2 is 1.77 bits per heavy atom. The summed E-state index contributed by atoms with van der Waals surface area (Å²) < 4.78 is 15.6. The van der Waals surface area contributed by atoms with Crippen LogP contribution < -0.4 is 19.6 Å². The quantitative estimate of drug-likeness (QED) is 0.318. The lowest BCUT2D eigenvalue weighted by Crippen LogP contribution is -2.01. The number of hydrogen-bond acceptors (Lipinski definition) is 9. The van der Waals surface area contributed by atoms with Crippen LogP contribution in [-0.4, -0.2) is 36.9 Å². The summed E-state index contributed by atoms with van der Waals surface area (Å²) in [5.74, 6) is 1.45. The van der Waals surface area contributed by atoms with Crippen molar-refractivity contribution in [2.45, 2.75) is 6.92 Å². The normalized spacial score (nSPS) is 11.1. The SMILES string of the molecule is COc1ccc(C(C)=NNc2nc(-c3ccc(OC)c([N+](=O)[O-])c3)cs2)cc1OC. The molecule has 0 bridgehead atoms. The van der Waals surface area contributed by atoms with Crippen molar-refractivity contribution in [3.8, 4) is 28.5 Å². The minimum absolute atomic E-state index is 0.111.